The molecule has 1 aromatic carbocycles. The maximum Gasteiger partial charge on any atom is 0.138 e. The van der Waals surface area contributed by atoms with Crippen LogP contribution in [0.25, 0.3) is 0 Å². The first-order valence-corrected chi connectivity index (χ1v) is 8.23. The predicted octanol–water partition coefficient (Wildman–Crippen LogP) is 0.769. The number of fused-ring (bicyclic) bond motifs is 1. The molecule has 2 N–H and O–H groups in total. The van der Waals surface area contributed by atoms with Gasteiger partial charge in [0.15, 0.2) is 0 Å². The average Bonchev–Trinajstić information content (AvgIpc) is 3.08. The minimum absolute atomic E-state index is 0.306. The zero-order chi connectivity index (χ0) is 16.8. The van der Waals surface area contributed by atoms with Crippen LogP contribution in [-0.2, 0) is 24.3 Å². The van der Waals surface area contributed by atoms with E-state index in [1.54, 1.807) is 13.4 Å². The third-order valence-corrected chi connectivity index (χ3v) is 4.19. The molecule has 1 aliphatic rings. The molecule has 130 valence electrons. The second-order valence-corrected chi connectivity index (χ2v) is 6.02. The molecule has 7 heteroatoms. The van der Waals surface area contributed by atoms with Crippen molar-refractivity contribution in [3.8, 4) is 5.75 Å². The summed E-state index contributed by atoms with van der Waals surface area (Å²) in [4.78, 5) is 4.21. The van der Waals surface area contributed by atoms with E-state index >= 15 is 0 Å². The second-order valence-electron chi connectivity index (χ2n) is 6.02. The highest BCUT2D eigenvalue weighted by Gasteiger charge is 2.20. The number of aliphatic hydroxyl groups is 1. The normalized spacial score (nSPS) is 18.2. The minimum atomic E-state index is -0.527. The van der Waals surface area contributed by atoms with Crippen molar-refractivity contribution in [2.75, 3.05) is 20.3 Å². The fraction of sp³-hybridized carbons (Fsp3) is 0.529. The number of aliphatic hydroxyl groups excluding tert-OH is 1. The highest BCUT2D eigenvalue weighted by Crippen LogP contribution is 2.13. The molecule has 3 rings (SSSR count). The Hall–Kier alpha value is -1.96. The number of hydrogen-bond donors (Lipinski definition) is 2. The van der Waals surface area contributed by atoms with Gasteiger partial charge in [0.25, 0.3) is 0 Å². The van der Waals surface area contributed by atoms with Crippen LogP contribution in [0.1, 0.15) is 17.8 Å². The molecule has 2 atom stereocenters. The Morgan fingerprint density at radius 2 is 2.21 bits per heavy atom. The first-order valence-electron chi connectivity index (χ1n) is 8.23. The summed E-state index contributed by atoms with van der Waals surface area (Å²) in [7, 11) is 1.64. The lowest BCUT2D eigenvalue weighted by molar-refractivity contribution is 0.0269. The Kier molecular flexibility index (Phi) is 5.79. The molecule has 0 spiro atoms. The van der Waals surface area contributed by atoms with Gasteiger partial charge in [-0.25, -0.2) is 9.67 Å². The molecular weight excluding hydrogens is 308 g/mol. The van der Waals surface area contributed by atoms with E-state index in [2.05, 4.69) is 15.4 Å². The molecule has 24 heavy (non-hydrogen) atoms. The number of aromatic nitrogens is 3. The van der Waals surface area contributed by atoms with Gasteiger partial charge in [0.2, 0.25) is 0 Å². The van der Waals surface area contributed by atoms with Gasteiger partial charge in [-0.05, 0) is 24.1 Å². The summed E-state index contributed by atoms with van der Waals surface area (Å²) < 4.78 is 12.6. The third kappa shape index (κ3) is 4.53. The zero-order valence-electron chi connectivity index (χ0n) is 13.9. The molecule has 0 bridgehead atoms. The van der Waals surface area contributed by atoms with E-state index in [0.717, 1.165) is 36.5 Å². The molecule has 2 heterocycles. The van der Waals surface area contributed by atoms with Gasteiger partial charge in [-0.3, -0.25) is 0 Å². The molecule has 2 aromatic rings. The number of aryl methyl sites for hydroxylation is 1. The van der Waals surface area contributed by atoms with Crippen LogP contribution in [0.4, 0.5) is 0 Å². The lowest BCUT2D eigenvalue weighted by atomic mass is 10.1. The van der Waals surface area contributed by atoms with Crippen molar-refractivity contribution < 1.29 is 14.6 Å². The lowest BCUT2D eigenvalue weighted by Crippen LogP contribution is -2.42. The van der Waals surface area contributed by atoms with Gasteiger partial charge < -0.3 is 19.9 Å². The van der Waals surface area contributed by atoms with Gasteiger partial charge >= 0.3 is 0 Å². The minimum Gasteiger partial charge on any atom is -0.497 e. The van der Waals surface area contributed by atoms with E-state index in [9.17, 15) is 5.11 Å². The number of ether oxygens (including phenoxy) is 2. The molecule has 0 unspecified atom stereocenters. The maximum atomic E-state index is 10.1. The predicted molar refractivity (Wildman–Crippen MR) is 88.8 cm³/mol. The number of rotatable bonds is 8. The third-order valence-electron chi connectivity index (χ3n) is 4.19. The molecule has 0 radical (unpaired) electrons. The van der Waals surface area contributed by atoms with E-state index in [1.165, 1.54) is 0 Å². The molecule has 7 nitrogen and oxygen atoms in total. The monoisotopic (exact) mass is 332 g/mol. The number of nitrogens with zero attached hydrogens (tertiary/aromatic N) is 3. The van der Waals surface area contributed by atoms with Crippen LogP contribution < -0.4 is 10.1 Å². The summed E-state index contributed by atoms with van der Waals surface area (Å²) in [6.45, 7) is 2.10. The van der Waals surface area contributed by atoms with Crippen LogP contribution in [0.15, 0.2) is 30.6 Å². The molecule has 1 aromatic heterocycles. The van der Waals surface area contributed by atoms with E-state index < -0.39 is 6.10 Å². The van der Waals surface area contributed by atoms with Gasteiger partial charge in [-0.1, -0.05) is 12.1 Å². The fourth-order valence-corrected chi connectivity index (χ4v) is 2.80. The lowest BCUT2D eigenvalue weighted by Gasteiger charge is -2.24. The summed E-state index contributed by atoms with van der Waals surface area (Å²) in [5, 5.41) is 17.6. The van der Waals surface area contributed by atoms with Crippen molar-refractivity contribution in [2.24, 2.45) is 0 Å². The Balaban J connectivity index is 1.33. The molecular formula is C17H24N4O3. The number of benzene rings is 1. The second kappa shape index (κ2) is 8.23. The number of hydrogen-bond acceptors (Lipinski definition) is 6. The van der Waals surface area contributed by atoms with Crippen molar-refractivity contribution in [2.45, 2.75) is 38.1 Å². The van der Waals surface area contributed by atoms with Crippen LogP contribution in [0.3, 0.4) is 0 Å². The number of methoxy groups -OCH3 is 1. The highest BCUT2D eigenvalue weighted by molar-refractivity contribution is 5.26. The standard InChI is InChI=1S/C17H24N4O3/c1-23-16-5-2-13(3-6-16)10-24-11-15(22)8-18-14-4-7-17-19-12-20-21(17)9-14/h2-3,5-6,12,14-15,18,22H,4,7-11H2,1H3/t14-,15-/m1/s1. The molecule has 0 aliphatic carbocycles. The molecule has 0 saturated carbocycles. The van der Waals surface area contributed by atoms with Crippen LogP contribution in [-0.4, -0.2) is 52.3 Å². The smallest absolute Gasteiger partial charge is 0.138 e. The Morgan fingerprint density at radius 3 is 3.00 bits per heavy atom. The summed E-state index contributed by atoms with van der Waals surface area (Å²) in [5.74, 6) is 1.86. The zero-order valence-corrected chi connectivity index (χ0v) is 13.9. The molecule has 1 aliphatic heterocycles. The van der Waals surface area contributed by atoms with Crippen molar-refractivity contribution in [3.05, 3.63) is 42.0 Å². The van der Waals surface area contributed by atoms with Crippen LogP contribution >= 0.6 is 0 Å². The topological polar surface area (TPSA) is 81.4 Å². The van der Waals surface area contributed by atoms with E-state index in [-0.39, 0.29) is 0 Å². The van der Waals surface area contributed by atoms with Gasteiger partial charge in [-0.15, -0.1) is 0 Å². The molecule has 0 fully saturated rings. The van der Waals surface area contributed by atoms with Gasteiger partial charge in [0.1, 0.15) is 17.9 Å². The summed E-state index contributed by atoms with van der Waals surface area (Å²) in [6.07, 6.45) is 3.00. The number of nitrogens with one attached hydrogen (secondary N) is 1. The largest absolute Gasteiger partial charge is 0.497 e. The van der Waals surface area contributed by atoms with Crippen molar-refractivity contribution in [3.63, 3.8) is 0 Å². The maximum absolute atomic E-state index is 10.1. The first kappa shape index (κ1) is 16.9. The molecule has 0 amide bonds. The van der Waals surface area contributed by atoms with Gasteiger partial charge in [0.05, 0.1) is 33.0 Å². The van der Waals surface area contributed by atoms with E-state index in [0.29, 0.717) is 25.8 Å². The SMILES string of the molecule is COc1ccc(COC[C@H](O)CN[C@@H]2CCc3ncnn3C2)cc1. The highest BCUT2D eigenvalue weighted by atomic mass is 16.5. The van der Waals surface area contributed by atoms with Crippen LogP contribution in [0.5, 0.6) is 5.75 Å². The molecule has 0 saturated heterocycles. The van der Waals surface area contributed by atoms with E-state index in [1.807, 2.05) is 28.9 Å². The van der Waals surface area contributed by atoms with Crippen LogP contribution in [0, 0.1) is 0 Å². The Labute approximate surface area is 141 Å². The van der Waals surface area contributed by atoms with Crippen molar-refractivity contribution in [1.82, 2.24) is 20.1 Å². The first-order chi connectivity index (χ1) is 11.7. The Bertz CT molecular complexity index is 629. The summed E-state index contributed by atoms with van der Waals surface area (Å²) >= 11 is 0. The van der Waals surface area contributed by atoms with Crippen molar-refractivity contribution in [1.29, 1.82) is 0 Å². The van der Waals surface area contributed by atoms with Gasteiger partial charge in [0, 0.05) is 19.0 Å². The fourth-order valence-electron chi connectivity index (χ4n) is 2.80. The Morgan fingerprint density at radius 1 is 1.38 bits per heavy atom. The summed E-state index contributed by atoms with van der Waals surface area (Å²) in [6, 6.07) is 8.04. The van der Waals surface area contributed by atoms with E-state index in [4.69, 9.17) is 9.47 Å². The average molecular weight is 332 g/mol. The quantitative estimate of drug-likeness (QED) is 0.743. The van der Waals surface area contributed by atoms with Gasteiger partial charge in [-0.2, -0.15) is 5.10 Å². The van der Waals surface area contributed by atoms with Crippen molar-refractivity contribution >= 4 is 0 Å². The van der Waals surface area contributed by atoms with Crippen LogP contribution in [0.2, 0.25) is 0 Å². The summed E-state index contributed by atoms with van der Waals surface area (Å²) in [5.41, 5.74) is 1.06.